The summed E-state index contributed by atoms with van der Waals surface area (Å²) in [7, 11) is 8.05. The minimum Gasteiger partial charge on any atom is -0.475 e. The standard InChI is InChI=1S/C35H45N7O4/c1-21(27-16-23(43-5)19-42(27)4)45-29-17-28(44-20-34(14-15-34)41(2)3)38-33(39-29)31-24-9-7-13-35(32(24)46-40-31)12-6-8-22-10-11-26(37)25(18-36)30(22)35/h10-11,17,21,23,27H,6-9,12-16,19-20,37H2,1-5H3. The van der Waals surface area contributed by atoms with Crippen molar-refractivity contribution < 1.29 is 18.7 Å². The lowest BCUT2D eigenvalue weighted by molar-refractivity contribution is 0.107. The molecule has 244 valence electrons. The molecule has 1 aromatic carbocycles. The van der Waals surface area contributed by atoms with Gasteiger partial charge >= 0.3 is 0 Å². The number of nitrogens with zero attached hydrogens (tertiary/aromatic N) is 6. The average molecular weight is 628 g/mol. The number of anilines is 1. The van der Waals surface area contributed by atoms with Gasteiger partial charge in [-0.05, 0) is 103 Å². The van der Waals surface area contributed by atoms with Crippen molar-refractivity contribution in [1.82, 2.24) is 24.9 Å². The van der Waals surface area contributed by atoms with Gasteiger partial charge in [0.25, 0.3) is 0 Å². The monoisotopic (exact) mass is 627 g/mol. The van der Waals surface area contributed by atoms with E-state index in [4.69, 9.17) is 34.4 Å². The summed E-state index contributed by atoms with van der Waals surface area (Å²) in [5, 5.41) is 14.8. The van der Waals surface area contributed by atoms with E-state index in [1.54, 1.807) is 13.2 Å². The number of nitrogens with two attached hydrogens (primary N) is 1. The zero-order valence-corrected chi connectivity index (χ0v) is 27.6. The van der Waals surface area contributed by atoms with Crippen LogP contribution in [0.1, 0.15) is 79.9 Å². The highest BCUT2D eigenvalue weighted by Gasteiger charge is 2.48. The molecule has 1 saturated heterocycles. The van der Waals surface area contributed by atoms with Crippen molar-refractivity contribution in [2.75, 3.05) is 47.1 Å². The number of benzene rings is 1. The molecule has 0 radical (unpaired) electrons. The van der Waals surface area contributed by atoms with Gasteiger partial charge in [-0.1, -0.05) is 11.2 Å². The van der Waals surface area contributed by atoms with Crippen molar-refractivity contribution in [3.63, 3.8) is 0 Å². The molecule has 2 N–H and O–H groups in total. The van der Waals surface area contributed by atoms with Gasteiger partial charge in [0.2, 0.25) is 11.8 Å². The molecule has 0 amide bonds. The largest absolute Gasteiger partial charge is 0.475 e. The topological polar surface area (TPSA) is 136 Å². The van der Waals surface area contributed by atoms with Crippen LogP contribution in [0.5, 0.6) is 11.8 Å². The Hall–Kier alpha value is -3.72. The molecule has 2 fully saturated rings. The van der Waals surface area contributed by atoms with Crippen molar-refractivity contribution in [3.05, 3.63) is 46.2 Å². The fourth-order valence-electron chi connectivity index (χ4n) is 8.18. The van der Waals surface area contributed by atoms with E-state index in [2.05, 4.69) is 55.2 Å². The van der Waals surface area contributed by atoms with Gasteiger partial charge in [-0.25, -0.2) is 0 Å². The van der Waals surface area contributed by atoms with Crippen LogP contribution >= 0.6 is 0 Å². The second-order valence-corrected chi connectivity index (χ2v) is 14.0. The van der Waals surface area contributed by atoms with E-state index in [1.165, 1.54) is 5.56 Å². The highest BCUT2D eigenvalue weighted by Crippen LogP contribution is 2.53. The van der Waals surface area contributed by atoms with E-state index in [0.29, 0.717) is 41.1 Å². The second-order valence-electron chi connectivity index (χ2n) is 14.0. The third-order valence-corrected chi connectivity index (χ3v) is 11.1. The van der Waals surface area contributed by atoms with Crippen LogP contribution in [0.15, 0.2) is 22.7 Å². The number of aromatic nitrogens is 3. The molecule has 3 heterocycles. The predicted molar refractivity (Wildman–Crippen MR) is 173 cm³/mol. The average Bonchev–Trinajstić information content (AvgIpc) is 3.56. The normalized spacial score (nSPS) is 25.6. The molecular weight excluding hydrogens is 582 g/mol. The summed E-state index contributed by atoms with van der Waals surface area (Å²) in [6.07, 6.45) is 8.47. The molecule has 4 unspecified atom stereocenters. The maximum Gasteiger partial charge on any atom is 0.221 e. The fourth-order valence-corrected chi connectivity index (χ4v) is 8.18. The van der Waals surface area contributed by atoms with Crippen molar-refractivity contribution >= 4 is 5.69 Å². The Labute approximate surface area is 271 Å². The van der Waals surface area contributed by atoms with Crippen LogP contribution in [0.2, 0.25) is 0 Å². The van der Waals surface area contributed by atoms with Gasteiger partial charge in [-0.15, -0.1) is 0 Å². The molecule has 7 rings (SSSR count). The Kier molecular flexibility index (Phi) is 7.94. The summed E-state index contributed by atoms with van der Waals surface area (Å²) in [6, 6.07) is 8.32. The summed E-state index contributed by atoms with van der Waals surface area (Å²) < 4.78 is 24.8. The van der Waals surface area contributed by atoms with Crippen molar-refractivity contribution in [3.8, 4) is 29.3 Å². The number of likely N-dealkylation sites (tertiary alicyclic amines) is 1. The van der Waals surface area contributed by atoms with Crippen LogP contribution in [-0.2, 0) is 23.0 Å². The SMILES string of the molecule is COC1CC(C(C)Oc2cc(OCC3(N(C)C)CC3)nc(-c3noc4c3CCCC43CCCc4ccc(N)c(C#N)c43)n2)N(C)C1. The van der Waals surface area contributed by atoms with Gasteiger partial charge in [0.1, 0.15) is 18.8 Å². The van der Waals surface area contributed by atoms with Crippen LogP contribution in [0.25, 0.3) is 11.5 Å². The molecule has 11 heteroatoms. The molecule has 2 aromatic heterocycles. The number of methoxy groups -OCH3 is 1. The summed E-state index contributed by atoms with van der Waals surface area (Å²) in [5.74, 6) is 2.14. The van der Waals surface area contributed by atoms with Gasteiger partial charge in [-0.2, -0.15) is 15.2 Å². The number of nitrogen functional groups attached to an aromatic ring is 1. The zero-order chi connectivity index (χ0) is 32.2. The third kappa shape index (κ3) is 5.20. The number of hydrogen-bond acceptors (Lipinski definition) is 11. The highest BCUT2D eigenvalue weighted by molar-refractivity contribution is 5.67. The smallest absolute Gasteiger partial charge is 0.221 e. The molecule has 3 aromatic rings. The number of rotatable bonds is 9. The van der Waals surface area contributed by atoms with Crippen LogP contribution in [0, 0.1) is 11.3 Å². The van der Waals surface area contributed by atoms with Gasteiger partial charge < -0.3 is 29.4 Å². The molecule has 1 aliphatic heterocycles. The summed E-state index contributed by atoms with van der Waals surface area (Å²) in [5.41, 5.74) is 10.8. The predicted octanol–water partition coefficient (Wildman–Crippen LogP) is 4.50. The van der Waals surface area contributed by atoms with Crippen molar-refractivity contribution in [1.29, 1.82) is 5.26 Å². The molecule has 4 atom stereocenters. The quantitative estimate of drug-likeness (QED) is 0.336. The lowest BCUT2D eigenvalue weighted by atomic mass is 9.61. The Bertz CT molecular complexity index is 1660. The summed E-state index contributed by atoms with van der Waals surface area (Å²) >= 11 is 0. The minimum atomic E-state index is -0.455. The summed E-state index contributed by atoms with van der Waals surface area (Å²) in [4.78, 5) is 14.3. The number of hydrogen-bond donors (Lipinski definition) is 1. The Morgan fingerprint density at radius 2 is 1.91 bits per heavy atom. The zero-order valence-electron chi connectivity index (χ0n) is 27.6. The minimum absolute atomic E-state index is 0.0231. The first-order chi connectivity index (χ1) is 22.2. The fraction of sp³-hybridized carbons (Fsp3) is 0.600. The number of nitriles is 1. The first kappa shape index (κ1) is 30.9. The van der Waals surface area contributed by atoms with Gasteiger partial charge in [-0.3, -0.25) is 4.90 Å². The Morgan fingerprint density at radius 3 is 2.61 bits per heavy atom. The molecule has 1 saturated carbocycles. The van der Waals surface area contributed by atoms with E-state index in [-0.39, 0.29) is 23.8 Å². The third-order valence-electron chi connectivity index (χ3n) is 11.1. The Morgan fingerprint density at radius 1 is 1.15 bits per heavy atom. The first-order valence-corrected chi connectivity index (χ1v) is 16.6. The Balaban J connectivity index is 1.27. The number of ether oxygens (including phenoxy) is 3. The van der Waals surface area contributed by atoms with Crippen LogP contribution < -0.4 is 15.2 Å². The van der Waals surface area contributed by atoms with Crippen LogP contribution in [-0.4, -0.2) is 90.1 Å². The maximum absolute atomic E-state index is 10.2. The van der Waals surface area contributed by atoms with E-state index < -0.39 is 5.41 Å². The lowest BCUT2D eigenvalue weighted by Gasteiger charge is -2.41. The molecule has 11 nitrogen and oxygen atoms in total. The molecule has 46 heavy (non-hydrogen) atoms. The number of aryl methyl sites for hydroxylation is 1. The summed E-state index contributed by atoms with van der Waals surface area (Å²) in [6.45, 7) is 3.47. The number of fused-ring (bicyclic) bond motifs is 4. The molecule has 0 bridgehead atoms. The van der Waals surface area contributed by atoms with E-state index >= 15 is 0 Å². The number of likely N-dealkylation sites (N-methyl/N-ethyl adjacent to an activating group) is 2. The second kappa shape index (κ2) is 11.8. The molecule has 4 aliphatic rings. The first-order valence-electron chi connectivity index (χ1n) is 16.6. The van der Waals surface area contributed by atoms with Gasteiger partial charge in [0, 0.05) is 30.9 Å². The van der Waals surface area contributed by atoms with Gasteiger partial charge in [0.05, 0.1) is 28.7 Å². The lowest BCUT2D eigenvalue weighted by Crippen LogP contribution is -2.38. The van der Waals surface area contributed by atoms with E-state index in [0.717, 1.165) is 81.2 Å². The van der Waals surface area contributed by atoms with Crippen LogP contribution in [0.3, 0.4) is 0 Å². The van der Waals surface area contributed by atoms with Crippen molar-refractivity contribution in [2.45, 2.75) is 93.9 Å². The van der Waals surface area contributed by atoms with Crippen molar-refractivity contribution in [2.24, 2.45) is 0 Å². The molecule has 1 spiro atoms. The van der Waals surface area contributed by atoms with E-state index in [1.807, 2.05) is 6.07 Å². The van der Waals surface area contributed by atoms with Crippen LogP contribution in [0.4, 0.5) is 5.69 Å². The molecular formula is C35H45N7O4. The van der Waals surface area contributed by atoms with Gasteiger partial charge in [0.15, 0.2) is 17.3 Å². The maximum atomic E-state index is 10.2. The molecule has 3 aliphatic carbocycles. The van der Waals surface area contributed by atoms with E-state index in [9.17, 15) is 5.26 Å². The highest BCUT2D eigenvalue weighted by atomic mass is 16.5.